The van der Waals surface area contributed by atoms with Crippen molar-refractivity contribution >= 4 is 15.7 Å². The van der Waals surface area contributed by atoms with Crippen molar-refractivity contribution in [1.29, 1.82) is 0 Å². The van der Waals surface area contributed by atoms with Crippen molar-refractivity contribution in [3.8, 4) is 0 Å². The van der Waals surface area contributed by atoms with E-state index >= 15 is 0 Å². The van der Waals surface area contributed by atoms with E-state index in [0.29, 0.717) is 28.5 Å². The number of hydrogen-bond acceptors (Lipinski definition) is 3. The molecule has 0 aliphatic carbocycles. The number of benzene rings is 2. The molecule has 0 heterocycles. The Morgan fingerprint density at radius 2 is 1.50 bits per heavy atom. The SMILES string of the molecule is CC(C)CN(C(=O)c1ccc(CS(=O)(=O)c2ccccc2)cc1)C(C)C. The quantitative estimate of drug-likeness (QED) is 0.732. The molecule has 0 N–H and O–H groups in total. The Hall–Kier alpha value is -2.14. The van der Waals surface area contributed by atoms with Crippen LogP contribution in [0.4, 0.5) is 0 Å². The molecule has 0 fully saturated rings. The third kappa shape index (κ3) is 5.18. The Morgan fingerprint density at radius 1 is 0.923 bits per heavy atom. The maximum atomic E-state index is 12.7. The van der Waals surface area contributed by atoms with Gasteiger partial charge in [-0.3, -0.25) is 4.79 Å². The average molecular weight is 374 g/mol. The van der Waals surface area contributed by atoms with Crippen LogP contribution in [0.2, 0.25) is 0 Å². The minimum absolute atomic E-state index is 0.0221. The predicted molar refractivity (Wildman–Crippen MR) is 105 cm³/mol. The number of hydrogen-bond donors (Lipinski definition) is 0. The van der Waals surface area contributed by atoms with E-state index in [9.17, 15) is 13.2 Å². The summed E-state index contributed by atoms with van der Waals surface area (Å²) in [6.45, 7) is 8.86. The summed E-state index contributed by atoms with van der Waals surface area (Å²) in [6, 6.07) is 15.4. The summed E-state index contributed by atoms with van der Waals surface area (Å²) in [7, 11) is -3.39. The molecule has 2 aromatic carbocycles. The molecule has 2 aromatic rings. The lowest BCUT2D eigenvalue weighted by molar-refractivity contribution is 0.0682. The summed E-state index contributed by atoms with van der Waals surface area (Å²) >= 11 is 0. The van der Waals surface area contributed by atoms with Crippen molar-refractivity contribution in [2.45, 2.75) is 44.4 Å². The zero-order chi connectivity index (χ0) is 19.3. The summed E-state index contributed by atoms with van der Waals surface area (Å²) in [5.41, 5.74) is 1.26. The van der Waals surface area contributed by atoms with Gasteiger partial charge in [0.05, 0.1) is 10.6 Å². The highest BCUT2D eigenvalue weighted by Gasteiger charge is 2.20. The molecule has 0 bridgehead atoms. The molecule has 0 aliphatic rings. The van der Waals surface area contributed by atoms with Crippen LogP contribution in [-0.2, 0) is 15.6 Å². The molecule has 0 spiro atoms. The van der Waals surface area contributed by atoms with E-state index in [4.69, 9.17) is 0 Å². The molecule has 0 aromatic heterocycles. The van der Waals surface area contributed by atoms with Crippen molar-refractivity contribution in [1.82, 2.24) is 4.90 Å². The molecule has 5 heteroatoms. The normalized spacial score (nSPS) is 11.8. The second-order valence-electron chi connectivity index (χ2n) is 7.21. The topological polar surface area (TPSA) is 54.5 Å². The Labute approximate surface area is 156 Å². The van der Waals surface area contributed by atoms with Crippen LogP contribution in [0.1, 0.15) is 43.6 Å². The molecule has 1 amide bonds. The fourth-order valence-corrected chi connectivity index (χ4v) is 4.13. The molecule has 0 unspecified atom stereocenters. The van der Waals surface area contributed by atoms with Crippen LogP contribution in [0.25, 0.3) is 0 Å². The van der Waals surface area contributed by atoms with E-state index in [1.807, 2.05) is 18.7 Å². The van der Waals surface area contributed by atoms with Crippen LogP contribution in [0.3, 0.4) is 0 Å². The Bertz CT molecular complexity index is 825. The van der Waals surface area contributed by atoms with Crippen LogP contribution in [0.15, 0.2) is 59.5 Å². The minimum atomic E-state index is -3.39. The molecule has 2 rings (SSSR count). The van der Waals surface area contributed by atoms with Crippen LogP contribution < -0.4 is 0 Å². The third-order valence-corrected chi connectivity index (χ3v) is 5.81. The van der Waals surface area contributed by atoms with Crippen molar-refractivity contribution < 1.29 is 13.2 Å². The zero-order valence-electron chi connectivity index (χ0n) is 15.8. The van der Waals surface area contributed by atoms with Crippen LogP contribution in [0, 0.1) is 5.92 Å². The first kappa shape index (κ1) is 20.2. The fraction of sp³-hybridized carbons (Fsp3) is 0.381. The van der Waals surface area contributed by atoms with Gasteiger partial charge in [-0.15, -0.1) is 0 Å². The van der Waals surface area contributed by atoms with Gasteiger partial charge in [0.25, 0.3) is 5.91 Å². The summed E-state index contributed by atoms with van der Waals surface area (Å²) < 4.78 is 24.9. The number of nitrogens with zero attached hydrogens (tertiary/aromatic N) is 1. The molecule has 0 atom stereocenters. The van der Waals surface area contributed by atoms with Crippen molar-refractivity contribution in [2.75, 3.05) is 6.54 Å². The maximum Gasteiger partial charge on any atom is 0.254 e. The second-order valence-corrected chi connectivity index (χ2v) is 9.20. The molecule has 0 saturated carbocycles. The van der Waals surface area contributed by atoms with Gasteiger partial charge in [0.2, 0.25) is 0 Å². The van der Waals surface area contributed by atoms with E-state index in [-0.39, 0.29) is 17.7 Å². The van der Waals surface area contributed by atoms with E-state index in [1.54, 1.807) is 54.6 Å². The zero-order valence-corrected chi connectivity index (χ0v) is 16.7. The van der Waals surface area contributed by atoms with E-state index in [0.717, 1.165) is 0 Å². The summed E-state index contributed by atoms with van der Waals surface area (Å²) in [6.07, 6.45) is 0. The molecule has 0 saturated heterocycles. The molecule has 4 nitrogen and oxygen atoms in total. The monoisotopic (exact) mass is 373 g/mol. The third-order valence-electron chi connectivity index (χ3n) is 4.11. The van der Waals surface area contributed by atoms with Crippen molar-refractivity contribution in [3.05, 3.63) is 65.7 Å². The number of carbonyl (C=O) groups excluding carboxylic acids is 1. The molecule has 0 radical (unpaired) electrons. The first-order valence-corrected chi connectivity index (χ1v) is 10.5. The largest absolute Gasteiger partial charge is 0.336 e. The maximum absolute atomic E-state index is 12.7. The van der Waals surface area contributed by atoms with Gasteiger partial charge in [-0.2, -0.15) is 0 Å². The van der Waals surface area contributed by atoms with Gasteiger partial charge >= 0.3 is 0 Å². The van der Waals surface area contributed by atoms with E-state index in [2.05, 4.69) is 13.8 Å². The lowest BCUT2D eigenvalue weighted by atomic mass is 10.1. The van der Waals surface area contributed by atoms with Gasteiger partial charge in [0.1, 0.15) is 0 Å². The number of rotatable bonds is 7. The van der Waals surface area contributed by atoms with Gasteiger partial charge in [-0.05, 0) is 49.6 Å². The molecule has 26 heavy (non-hydrogen) atoms. The molecular weight excluding hydrogens is 346 g/mol. The lowest BCUT2D eigenvalue weighted by Gasteiger charge is -2.28. The highest BCUT2D eigenvalue weighted by atomic mass is 32.2. The first-order chi connectivity index (χ1) is 12.2. The van der Waals surface area contributed by atoms with Crippen molar-refractivity contribution in [2.24, 2.45) is 5.92 Å². The first-order valence-electron chi connectivity index (χ1n) is 8.88. The Kier molecular flexibility index (Phi) is 6.59. The van der Waals surface area contributed by atoms with E-state index < -0.39 is 9.84 Å². The highest BCUT2D eigenvalue weighted by Crippen LogP contribution is 2.18. The predicted octanol–water partition coefficient (Wildman–Crippen LogP) is 4.17. The van der Waals surface area contributed by atoms with E-state index in [1.165, 1.54) is 0 Å². The number of sulfone groups is 1. The van der Waals surface area contributed by atoms with Gasteiger partial charge in [0.15, 0.2) is 9.84 Å². The second kappa shape index (κ2) is 8.49. The van der Waals surface area contributed by atoms with Gasteiger partial charge in [0, 0.05) is 18.2 Å². The number of amides is 1. The Balaban J connectivity index is 2.16. The van der Waals surface area contributed by atoms with Gasteiger partial charge in [-0.25, -0.2) is 8.42 Å². The lowest BCUT2D eigenvalue weighted by Crippen LogP contribution is -2.39. The smallest absolute Gasteiger partial charge is 0.254 e. The average Bonchev–Trinajstić information content (AvgIpc) is 2.60. The summed E-state index contributed by atoms with van der Waals surface area (Å²) in [5, 5.41) is 0. The summed E-state index contributed by atoms with van der Waals surface area (Å²) in [4.78, 5) is 14.9. The Morgan fingerprint density at radius 3 is 2.00 bits per heavy atom. The van der Waals surface area contributed by atoms with Crippen LogP contribution in [-0.4, -0.2) is 31.8 Å². The highest BCUT2D eigenvalue weighted by molar-refractivity contribution is 7.90. The van der Waals surface area contributed by atoms with Crippen LogP contribution in [0.5, 0.6) is 0 Å². The minimum Gasteiger partial charge on any atom is -0.336 e. The molecule has 0 aliphatic heterocycles. The molecular formula is C21H27NO3S. The fourth-order valence-electron chi connectivity index (χ4n) is 2.76. The number of carbonyl (C=O) groups is 1. The van der Waals surface area contributed by atoms with Crippen molar-refractivity contribution in [3.63, 3.8) is 0 Å². The van der Waals surface area contributed by atoms with Gasteiger partial charge in [-0.1, -0.05) is 44.2 Å². The standard InChI is InChI=1S/C21H27NO3S/c1-16(2)14-22(17(3)4)21(23)19-12-10-18(11-13-19)15-26(24,25)20-8-6-5-7-9-20/h5-13,16-17H,14-15H2,1-4H3. The van der Waals surface area contributed by atoms with Gasteiger partial charge < -0.3 is 4.90 Å². The summed E-state index contributed by atoms with van der Waals surface area (Å²) in [5.74, 6) is 0.286. The van der Waals surface area contributed by atoms with Crippen LogP contribution >= 0.6 is 0 Å². The molecule has 140 valence electrons.